The zero-order valence-electron chi connectivity index (χ0n) is 16.3. The third-order valence-corrected chi connectivity index (χ3v) is 5.24. The van der Waals surface area contributed by atoms with Gasteiger partial charge in [-0.25, -0.2) is 8.42 Å². The molecule has 2 aromatic carbocycles. The summed E-state index contributed by atoms with van der Waals surface area (Å²) in [6.45, 7) is 2.22. The van der Waals surface area contributed by atoms with Crippen LogP contribution < -0.4 is 56.1 Å². The molecule has 0 amide bonds. The summed E-state index contributed by atoms with van der Waals surface area (Å²) in [6, 6.07) is 13.5. The topological polar surface area (TPSA) is 66.4 Å². The standard InChI is InChI=1S/C21H28O4S.K/c1-2-3-4-5-6-7-8-13-18-14-9-10-15-19(18)25-20-16-11-12-17-21(20)26(22,23)24;/h9-12,14-17H,2-8,13H2,1H3,(H,22,23,24);/q;+1/p-1. The number of unbranched alkanes of at least 4 members (excludes halogenated alkanes) is 6. The molecule has 0 unspecified atom stereocenters. The first-order chi connectivity index (χ1) is 12.5. The van der Waals surface area contributed by atoms with Crippen LogP contribution in [0.4, 0.5) is 0 Å². The first-order valence-electron chi connectivity index (χ1n) is 9.33. The number of hydrogen-bond donors (Lipinski definition) is 0. The third kappa shape index (κ3) is 8.77. The molecule has 0 aliphatic carbocycles. The molecule has 0 saturated carbocycles. The van der Waals surface area contributed by atoms with E-state index in [0.717, 1.165) is 18.4 Å². The molecule has 142 valence electrons. The first-order valence-corrected chi connectivity index (χ1v) is 10.7. The van der Waals surface area contributed by atoms with E-state index in [2.05, 4.69) is 6.92 Å². The Morgan fingerprint density at radius 3 is 2.04 bits per heavy atom. The Morgan fingerprint density at radius 1 is 0.815 bits per heavy atom. The normalized spacial score (nSPS) is 11.0. The molecular weight excluding hydrogens is 387 g/mol. The molecule has 0 atom stereocenters. The van der Waals surface area contributed by atoms with Gasteiger partial charge in [0.05, 0.1) is 4.90 Å². The molecule has 0 saturated heterocycles. The van der Waals surface area contributed by atoms with Gasteiger partial charge in [0, 0.05) is 0 Å². The fourth-order valence-corrected chi connectivity index (χ4v) is 3.54. The summed E-state index contributed by atoms with van der Waals surface area (Å²) in [6.07, 6.45) is 9.48. The maximum absolute atomic E-state index is 11.4. The molecule has 0 fully saturated rings. The summed E-state index contributed by atoms with van der Waals surface area (Å²) in [7, 11) is -4.57. The van der Waals surface area contributed by atoms with Crippen molar-refractivity contribution in [2.24, 2.45) is 0 Å². The molecule has 0 spiro atoms. The molecule has 0 aromatic heterocycles. The van der Waals surface area contributed by atoms with E-state index in [1.54, 1.807) is 6.07 Å². The second-order valence-corrected chi connectivity index (χ2v) is 7.83. The van der Waals surface area contributed by atoms with Gasteiger partial charge in [0.25, 0.3) is 0 Å². The van der Waals surface area contributed by atoms with E-state index in [4.69, 9.17) is 4.74 Å². The summed E-state index contributed by atoms with van der Waals surface area (Å²) in [5.74, 6) is 0.684. The quantitative estimate of drug-likeness (QED) is 0.322. The van der Waals surface area contributed by atoms with Gasteiger partial charge < -0.3 is 9.29 Å². The van der Waals surface area contributed by atoms with Crippen molar-refractivity contribution in [3.05, 3.63) is 54.1 Å². The van der Waals surface area contributed by atoms with Crippen molar-refractivity contribution in [2.45, 2.75) is 63.2 Å². The van der Waals surface area contributed by atoms with Crippen LogP contribution in [0.25, 0.3) is 0 Å². The van der Waals surface area contributed by atoms with Crippen LogP contribution in [-0.4, -0.2) is 13.0 Å². The van der Waals surface area contributed by atoms with E-state index in [0.29, 0.717) is 5.75 Å². The summed E-state index contributed by atoms with van der Waals surface area (Å²) < 4.78 is 40.0. The minimum Gasteiger partial charge on any atom is -0.744 e. The molecule has 0 bridgehead atoms. The van der Waals surface area contributed by atoms with Crippen molar-refractivity contribution in [1.82, 2.24) is 0 Å². The Morgan fingerprint density at radius 2 is 1.37 bits per heavy atom. The second kappa shape index (κ2) is 13.1. The number of ether oxygens (including phenoxy) is 1. The van der Waals surface area contributed by atoms with Crippen molar-refractivity contribution in [3.8, 4) is 11.5 Å². The Hall–Kier alpha value is -0.214. The van der Waals surface area contributed by atoms with Gasteiger partial charge in [0.2, 0.25) is 0 Å². The van der Waals surface area contributed by atoms with Crippen molar-refractivity contribution in [3.63, 3.8) is 0 Å². The van der Waals surface area contributed by atoms with Gasteiger partial charge in [-0.2, -0.15) is 0 Å². The molecule has 2 aromatic rings. The van der Waals surface area contributed by atoms with Gasteiger partial charge in [-0.15, -0.1) is 0 Å². The van der Waals surface area contributed by atoms with Gasteiger partial charge in [0.1, 0.15) is 21.6 Å². The Bertz CT molecular complexity index is 790. The van der Waals surface area contributed by atoms with Crippen molar-refractivity contribution >= 4 is 10.1 Å². The average molecular weight is 415 g/mol. The predicted molar refractivity (Wildman–Crippen MR) is 103 cm³/mol. The van der Waals surface area contributed by atoms with Gasteiger partial charge >= 0.3 is 51.4 Å². The molecule has 0 radical (unpaired) electrons. The van der Waals surface area contributed by atoms with Gasteiger partial charge in [-0.1, -0.05) is 75.8 Å². The van der Waals surface area contributed by atoms with E-state index in [1.807, 2.05) is 24.3 Å². The van der Waals surface area contributed by atoms with Crippen LogP contribution in [0.3, 0.4) is 0 Å². The van der Waals surface area contributed by atoms with Crippen molar-refractivity contribution in [2.75, 3.05) is 0 Å². The van der Waals surface area contributed by atoms with Crippen molar-refractivity contribution in [1.29, 1.82) is 0 Å². The fourth-order valence-electron chi connectivity index (χ4n) is 2.94. The smallest absolute Gasteiger partial charge is 0.744 e. The second-order valence-electron chi connectivity index (χ2n) is 6.48. The molecule has 0 aliphatic heterocycles. The van der Waals surface area contributed by atoms with E-state index in [9.17, 15) is 13.0 Å². The Balaban J connectivity index is 0.00000364. The number of hydrogen-bond acceptors (Lipinski definition) is 4. The minimum atomic E-state index is -4.57. The van der Waals surface area contributed by atoms with Crippen LogP contribution in [0.2, 0.25) is 0 Å². The number of aryl methyl sites for hydroxylation is 1. The predicted octanol–water partition coefficient (Wildman–Crippen LogP) is 2.68. The van der Waals surface area contributed by atoms with Crippen LogP contribution in [0.5, 0.6) is 11.5 Å². The summed E-state index contributed by atoms with van der Waals surface area (Å²) in [5, 5.41) is 0. The van der Waals surface area contributed by atoms with Crippen LogP contribution in [0.1, 0.15) is 57.4 Å². The number of benzene rings is 2. The van der Waals surface area contributed by atoms with Crippen LogP contribution in [0.15, 0.2) is 53.4 Å². The van der Waals surface area contributed by atoms with E-state index in [-0.39, 0.29) is 62.0 Å². The SMILES string of the molecule is CCCCCCCCCc1ccccc1Oc1ccccc1S(=O)(=O)[O-].[K+]. The summed E-state index contributed by atoms with van der Waals surface area (Å²) in [5.41, 5.74) is 1.03. The molecule has 4 nitrogen and oxygen atoms in total. The summed E-state index contributed by atoms with van der Waals surface area (Å²) >= 11 is 0. The molecular formula is C21H27KO4S. The zero-order valence-corrected chi connectivity index (χ0v) is 20.3. The maximum atomic E-state index is 11.4. The van der Waals surface area contributed by atoms with E-state index >= 15 is 0 Å². The Labute approximate surface area is 205 Å². The number of rotatable bonds is 11. The molecule has 0 heterocycles. The largest absolute Gasteiger partial charge is 1.00 e. The molecule has 0 N–H and O–H groups in total. The fraction of sp³-hybridized carbons (Fsp3) is 0.429. The van der Waals surface area contributed by atoms with E-state index in [1.165, 1.54) is 56.7 Å². The molecule has 6 heteroatoms. The van der Waals surface area contributed by atoms with Crippen LogP contribution in [-0.2, 0) is 16.5 Å². The first kappa shape index (κ1) is 24.8. The van der Waals surface area contributed by atoms with Gasteiger partial charge in [-0.05, 0) is 36.6 Å². The Kier molecular flexibility index (Phi) is 12.0. The minimum absolute atomic E-state index is 0. The van der Waals surface area contributed by atoms with Crippen LogP contribution >= 0.6 is 0 Å². The monoisotopic (exact) mass is 414 g/mol. The molecule has 2 rings (SSSR count). The van der Waals surface area contributed by atoms with Gasteiger partial charge in [-0.3, -0.25) is 0 Å². The van der Waals surface area contributed by atoms with Gasteiger partial charge in [0.15, 0.2) is 0 Å². The number of para-hydroxylation sites is 2. The van der Waals surface area contributed by atoms with Crippen molar-refractivity contribution < 1.29 is 69.1 Å². The van der Waals surface area contributed by atoms with E-state index < -0.39 is 10.1 Å². The summed E-state index contributed by atoms with van der Waals surface area (Å²) in [4.78, 5) is -0.328. The zero-order chi connectivity index (χ0) is 18.8. The molecule has 27 heavy (non-hydrogen) atoms. The molecule has 0 aliphatic rings. The average Bonchev–Trinajstić information content (AvgIpc) is 2.62. The third-order valence-electron chi connectivity index (χ3n) is 4.36. The van der Waals surface area contributed by atoms with Crippen LogP contribution in [0, 0.1) is 0 Å². The maximum Gasteiger partial charge on any atom is 1.00 e.